The van der Waals surface area contributed by atoms with Crippen LogP contribution in [-0.4, -0.2) is 43.8 Å². The van der Waals surface area contributed by atoms with Gasteiger partial charge in [-0.1, -0.05) is 54.1 Å². The van der Waals surface area contributed by atoms with Crippen molar-refractivity contribution in [3.63, 3.8) is 0 Å². The van der Waals surface area contributed by atoms with E-state index in [9.17, 15) is 4.79 Å². The number of ether oxygens (including phenoxy) is 2. The number of carbonyl (C=O) groups is 1. The number of nitrogens with one attached hydrogen (secondary N) is 1. The van der Waals surface area contributed by atoms with Crippen LogP contribution < -0.4 is 15.0 Å². The molecule has 6 nitrogen and oxygen atoms in total. The molecule has 4 aromatic rings. The quantitative estimate of drug-likeness (QED) is 0.339. The molecule has 1 aromatic heterocycles. The van der Waals surface area contributed by atoms with Crippen LogP contribution in [-0.2, 0) is 4.74 Å². The van der Waals surface area contributed by atoms with Gasteiger partial charge in [-0.25, -0.2) is 0 Å². The first-order valence-electron chi connectivity index (χ1n) is 13.1. The predicted octanol–water partition coefficient (Wildman–Crippen LogP) is 6.26. The highest BCUT2D eigenvalue weighted by Crippen LogP contribution is 2.40. The first-order valence-corrected chi connectivity index (χ1v) is 13.4. The van der Waals surface area contributed by atoms with Crippen molar-refractivity contribution < 1.29 is 14.3 Å². The van der Waals surface area contributed by atoms with Crippen LogP contribution in [0, 0.1) is 13.8 Å². The highest BCUT2D eigenvalue weighted by molar-refractivity contribution is 6.31. The minimum atomic E-state index is -0.136. The molecule has 194 valence electrons. The van der Waals surface area contributed by atoms with Gasteiger partial charge < -0.3 is 19.7 Å². The summed E-state index contributed by atoms with van der Waals surface area (Å²) in [6.45, 7) is 7.34. The third-order valence-corrected chi connectivity index (χ3v) is 8.00. The van der Waals surface area contributed by atoms with Gasteiger partial charge in [-0.15, -0.1) is 0 Å². The third-order valence-electron chi connectivity index (χ3n) is 7.59. The number of anilines is 1. The molecular formula is C31H30ClN3O3. The average Bonchev–Trinajstić information content (AvgIpc) is 2.95. The molecular weight excluding hydrogens is 498 g/mol. The van der Waals surface area contributed by atoms with E-state index in [1.807, 2.05) is 43.3 Å². The van der Waals surface area contributed by atoms with E-state index in [0.717, 1.165) is 55.2 Å². The lowest BCUT2D eigenvalue weighted by molar-refractivity contribution is 0.0923. The topological polar surface area (TPSA) is 63.7 Å². The minimum Gasteiger partial charge on any atom is -0.493 e. The third kappa shape index (κ3) is 4.38. The van der Waals surface area contributed by atoms with Crippen molar-refractivity contribution in [1.29, 1.82) is 0 Å². The van der Waals surface area contributed by atoms with Crippen LogP contribution in [0.2, 0.25) is 5.02 Å². The van der Waals surface area contributed by atoms with E-state index in [1.165, 1.54) is 0 Å². The van der Waals surface area contributed by atoms with Crippen LogP contribution in [0.5, 0.6) is 5.75 Å². The number of halogens is 1. The zero-order valence-electron chi connectivity index (χ0n) is 21.6. The van der Waals surface area contributed by atoms with Crippen LogP contribution in [0.15, 0.2) is 60.8 Å². The molecule has 1 fully saturated rings. The van der Waals surface area contributed by atoms with Gasteiger partial charge in [-0.05, 0) is 42.7 Å². The predicted molar refractivity (Wildman–Crippen MR) is 151 cm³/mol. The maximum absolute atomic E-state index is 13.9. The standard InChI is InChI=1S/C31H30ClN3O3/c1-19-10-11-23-29(28(19)21-7-5-8-25(32)20(21)2)33-18-24(30(23)35-13-16-37-17-14-35)31(36)34-26-12-15-38-27-9-4-3-6-22(26)27/h3-11,18,26H,12-17H2,1-2H3,(H,34,36)/t26-/m0/s1. The van der Waals surface area contributed by atoms with Crippen LogP contribution in [0.25, 0.3) is 22.0 Å². The average molecular weight is 528 g/mol. The summed E-state index contributed by atoms with van der Waals surface area (Å²) < 4.78 is 11.5. The number of aromatic nitrogens is 1. The summed E-state index contributed by atoms with van der Waals surface area (Å²) in [5, 5.41) is 4.95. The van der Waals surface area contributed by atoms with Crippen molar-refractivity contribution in [2.75, 3.05) is 37.8 Å². The lowest BCUT2D eigenvalue weighted by Crippen LogP contribution is -2.39. The van der Waals surface area contributed by atoms with Crippen LogP contribution in [0.1, 0.15) is 39.5 Å². The van der Waals surface area contributed by atoms with Crippen molar-refractivity contribution in [3.05, 3.63) is 88.1 Å². The number of hydrogen-bond acceptors (Lipinski definition) is 5. The zero-order chi connectivity index (χ0) is 26.2. The molecule has 2 aliphatic heterocycles. The number of carbonyl (C=O) groups excluding carboxylic acids is 1. The fourth-order valence-corrected chi connectivity index (χ4v) is 5.77. The highest BCUT2D eigenvalue weighted by Gasteiger charge is 2.28. The van der Waals surface area contributed by atoms with Crippen molar-refractivity contribution in [3.8, 4) is 16.9 Å². The molecule has 3 heterocycles. The Labute approximate surface area is 227 Å². The smallest absolute Gasteiger partial charge is 0.255 e. The van der Waals surface area contributed by atoms with Gasteiger partial charge in [-0.2, -0.15) is 0 Å². The molecule has 1 amide bonds. The maximum atomic E-state index is 13.9. The number of morpholine rings is 1. The number of fused-ring (bicyclic) bond motifs is 2. The largest absolute Gasteiger partial charge is 0.493 e. The number of para-hydroxylation sites is 1. The second-order valence-corrected chi connectivity index (χ2v) is 10.3. The fourth-order valence-electron chi connectivity index (χ4n) is 5.59. The van der Waals surface area contributed by atoms with Crippen molar-refractivity contribution >= 4 is 34.1 Å². The van der Waals surface area contributed by atoms with E-state index in [4.69, 9.17) is 26.1 Å². The minimum absolute atomic E-state index is 0.122. The Morgan fingerprint density at radius 2 is 1.84 bits per heavy atom. The summed E-state index contributed by atoms with van der Waals surface area (Å²) in [6, 6.07) is 17.9. The van der Waals surface area contributed by atoms with E-state index in [1.54, 1.807) is 6.20 Å². The number of rotatable bonds is 4. The lowest BCUT2D eigenvalue weighted by Gasteiger charge is -2.32. The first-order chi connectivity index (χ1) is 18.5. The molecule has 0 saturated carbocycles. The Kier molecular flexibility index (Phi) is 6.68. The number of pyridine rings is 1. The zero-order valence-corrected chi connectivity index (χ0v) is 22.3. The molecule has 38 heavy (non-hydrogen) atoms. The van der Waals surface area contributed by atoms with Gasteiger partial charge in [0.1, 0.15) is 5.75 Å². The summed E-state index contributed by atoms with van der Waals surface area (Å²) >= 11 is 6.51. The second-order valence-electron chi connectivity index (χ2n) is 9.89. The summed E-state index contributed by atoms with van der Waals surface area (Å²) in [7, 11) is 0. The molecule has 1 atom stereocenters. The van der Waals surface area contributed by atoms with Crippen molar-refractivity contribution in [2.24, 2.45) is 0 Å². The van der Waals surface area contributed by atoms with Gasteiger partial charge in [0, 0.05) is 47.2 Å². The monoisotopic (exact) mass is 527 g/mol. The van der Waals surface area contributed by atoms with E-state index >= 15 is 0 Å². The second kappa shape index (κ2) is 10.3. The van der Waals surface area contributed by atoms with Crippen LogP contribution in [0.3, 0.4) is 0 Å². The number of hydrogen-bond donors (Lipinski definition) is 1. The lowest BCUT2D eigenvalue weighted by atomic mass is 9.92. The highest BCUT2D eigenvalue weighted by atomic mass is 35.5. The van der Waals surface area contributed by atoms with Crippen LogP contribution in [0.4, 0.5) is 5.69 Å². The van der Waals surface area contributed by atoms with E-state index in [0.29, 0.717) is 44.9 Å². The summed E-state index contributed by atoms with van der Waals surface area (Å²) in [6.07, 6.45) is 2.45. The van der Waals surface area contributed by atoms with Gasteiger partial charge in [0.15, 0.2) is 0 Å². The normalized spacial score (nSPS) is 17.1. The van der Waals surface area contributed by atoms with Gasteiger partial charge in [0.05, 0.1) is 42.6 Å². The van der Waals surface area contributed by atoms with E-state index in [2.05, 4.69) is 35.3 Å². The fraction of sp³-hybridized carbons (Fsp3) is 0.290. The Bertz CT molecular complexity index is 1530. The Balaban J connectivity index is 1.49. The SMILES string of the molecule is Cc1ccc2c(N3CCOCC3)c(C(=O)N[C@H]3CCOc4ccccc43)cnc2c1-c1cccc(Cl)c1C. The molecule has 0 bridgehead atoms. The molecule has 0 radical (unpaired) electrons. The van der Waals surface area contributed by atoms with Gasteiger partial charge in [-0.3, -0.25) is 9.78 Å². The maximum Gasteiger partial charge on any atom is 0.255 e. The van der Waals surface area contributed by atoms with E-state index < -0.39 is 0 Å². The van der Waals surface area contributed by atoms with Crippen molar-refractivity contribution in [2.45, 2.75) is 26.3 Å². The van der Waals surface area contributed by atoms with Crippen LogP contribution >= 0.6 is 11.6 Å². The van der Waals surface area contributed by atoms with Gasteiger partial charge in [0.25, 0.3) is 5.91 Å². The number of nitrogens with zero attached hydrogens (tertiary/aromatic N) is 2. The van der Waals surface area contributed by atoms with Gasteiger partial charge >= 0.3 is 0 Å². The van der Waals surface area contributed by atoms with E-state index in [-0.39, 0.29) is 11.9 Å². The summed E-state index contributed by atoms with van der Waals surface area (Å²) in [4.78, 5) is 21.1. The first kappa shape index (κ1) is 24.7. The Hall–Kier alpha value is -3.61. The Morgan fingerprint density at radius 3 is 2.68 bits per heavy atom. The molecule has 1 N–H and O–H groups in total. The molecule has 3 aromatic carbocycles. The Morgan fingerprint density at radius 1 is 1.03 bits per heavy atom. The molecule has 0 unspecified atom stereocenters. The molecule has 1 saturated heterocycles. The molecule has 0 aliphatic carbocycles. The number of benzene rings is 3. The number of amides is 1. The molecule has 2 aliphatic rings. The number of aryl methyl sites for hydroxylation is 1. The summed E-state index contributed by atoms with van der Waals surface area (Å²) in [5.41, 5.74) is 7.56. The summed E-state index contributed by atoms with van der Waals surface area (Å²) in [5.74, 6) is 0.690. The molecule has 7 heteroatoms. The van der Waals surface area contributed by atoms with Crippen molar-refractivity contribution in [1.82, 2.24) is 10.3 Å². The molecule has 6 rings (SSSR count). The van der Waals surface area contributed by atoms with Gasteiger partial charge in [0.2, 0.25) is 0 Å². The molecule has 0 spiro atoms.